The van der Waals surface area contributed by atoms with Gasteiger partial charge >= 0.3 is 0 Å². The zero-order valence-corrected chi connectivity index (χ0v) is 10.1. The molecule has 0 bridgehead atoms. The number of nitrogens with one attached hydrogen (secondary N) is 1. The number of halogens is 1. The van der Waals surface area contributed by atoms with E-state index in [0.717, 1.165) is 5.82 Å². The van der Waals surface area contributed by atoms with Crippen molar-refractivity contribution in [1.82, 2.24) is 9.55 Å². The number of benzene rings is 1. The number of rotatable bonds is 3. The molecule has 0 aliphatic rings. The minimum atomic E-state index is -0.103. The molecule has 0 saturated carbocycles. The van der Waals surface area contributed by atoms with Crippen molar-refractivity contribution in [2.75, 3.05) is 5.32 Å². The first kappa shape index (κ1) is 11.7. The van der Waals surface area contributed by atoms with Crippen LogP contribution >= 0.6 is 11.6 Å². The second-order valence-corrected chi connectivity index (χ2v) is 4.10. The van der Waals surface area contributed by atoms with Crippen molar-refractivity contribution in [3.63, 3.8) is 0 Å². The summed E-state index contributed by atoms with van der Waals surface area (Å²) in [5.41, 5.74) is 0.695. The van der Waals surface area contributed by atoms with Crippen LogP contribution in [0.25, 0.3) is 0 Å². The largest absolute Gasteiger partial charge is 0.326 e. The fraction of sp³-hybridized carbons (Fsp3) is 0.167. The van der Waals surface area contributed by atoms with Gasteiger partial charge in [0.2, 0.25) is 5.91 Å². The summed E-state index contributed by atoms with van der Waals surface area (Å²) in [6.45, 7) is 2.10. The molecule has 1 aromatic carbocycles. The van der Waals surface area contributed by atoms with Crippen LogP contribution in [0.4, 0.5) is 5.69 Å². The van der Waals surface area contributed by atoms with E-state index in [2.05, 4.69) is 10.3 Å². The van der Waals surface area contributed by atoms with Crippen molar-refractivity contribution >= 4 is 23.2 Å². The van der Waals surface area contributed by atoms with Crippen LogP contribution in [0, 0.1) is 6.92 Å². The van der Waals surface area contributed by atoms with Gasteiger partial charge in [-0.25, -0.2) is 4.98 Å². The molecule has 88 valence electrons. The molecule has 1 N–H and O–H groups in total. The number of amides is 1. The predicted molar refractivity (Wildman–Crippen MR) is 67.0 cm³/mol. The van der Waals surface area contributed by atoms with Crippen LogP contribution in [0.5, 0.6) is 0 Å². The topological polar surface area (TPSA) is 46.9 Å². The van der Waals surface area contributed by atoms with Gasteiger partial charge in [-0.05, 0) is 25.1 Å². The average Bonchev–Trinajstić information content (AvgIpc) is 2.64. The molecule has 4 nitrogen and oxygen atoms in total. The molecule has 0 radical (unpaired) electrons. The molecule has 0 fully saturated rings. The second kappa shape index (κ2) is 5.01. The average molecular weight is 250 g/mol. The predicted octanol–water partition coefficient (Wildman–Crippen LogP) is 2.48. The zero-order valence-electron chi connectivity index (χ0n) is 9.35. The summed E-state index contributed by atoms with van der Waals surface area (Å²) in [6, 6.07) is 7.06. The lowest BCUT2D eigenvalue weighted by Crippen LogP contribution is -2.19. The number of nitrogens with zero attached hydrogens (tertiary/aromatic N) is 2. The van der Waals surface area contributed by atoms with Crippen molar-refractivity contribution < 1.29 is 4.79 Å². The molecule has 0 atom stereocenters. The van der Waals surface area contributed by atoms with E-state index >= 15 is 0 Å². The van der Waals surface area contributed by atoms with E-state index in [1.165, 1.54) is 0 Å². The van der Waals surface area contributed by atoms with Crippen molar-refractivity contribution in [2.45, 2.75) is 13.5 Å². The Hall–Kier alpha value is -1.81. The van der Waals surface area contributed by atoms with Crippen molar-refractivity contribution in [3.8, 4) is 0 Å². The third-order valence-corrected chi connectivity index (χ3v) is 2.58. The lowest BCUT2D eigenvalue weighted by Gasteiger charge is -2.07. The Bertz CT molecular complexity index is 536. The van der Waals surface area contributed by atoms with E-state index in [4.69, 9.17) is 11.6 Å². The molecule has 0 spiro atoms. The van der Waals surface area contributed by atoms with Crippen molar-refractivity contribution in [1.29, 1.82) is 0 Å². The minimum absolute atomic E-state index is 0.103. The van der Waals surface area contributed by atoms with E-state index in [0.29, 0.717) is 10.7 Å². The summed E-state index contributed by atoms with van der Waals surface area (Å²) < 4.78 is 1.78. The second-order valence-electron chi connectivity index (χ2n) is 3.66. The summed E-state index contributed by atoms with van der Waals surface area (Å²) in [5.74, 6) is 0.708. The smallest absolute Gasteiger partial charge is 0.244 e. The van der Waals surface area contributed by atoms with Crippen LogP contribution in [0.2, 0.25) is 5.02 Å². The molecule has 0 saturated heterocycles. The third kappa shape index (κ3) is 3.07. The van der Waals surface area contributed by atoms with E-state index < -0.39 is 0 Å². The van der Waals surface area contributed by atoms with Crippen molar-refractivity contribution in [3.05, 3.63) is 47.5 Å². The first-order valence-electron chi connectivity index (χ1n) is 5.18. The number of carbonyl (C=O) groups excluding carboxylic acids is 1. The standard InChI is InChI=1S/C12H12ClN3O/c1-9-14-5-6-16(9)8-12(17)15-11-4-2-3-10(13)7-11/h2-7H,8H2,1H3,(H,15,17). The maximum absolute atomic E-state index is 11.7. The molecule has 1 amide bonds. The molecular formula is C12H12ClN3O. The molecule has 0 unspecified atom stereocenters. The molecule has 2 rings (SSSR count). The van der Waals surface area contributed by atoms with Gasteiger partial charge in [0.05, 0.1) is 0 Å². The highest BCUT2D eigenvalue weighted by molar-refractivity contribution is 6.30. The maximum Gasteiger partial charge on any atom is 0.244 e. The van der Waals surface area contributed by atoms with Gasteiger partial charge in [0.1, 0.15) is 12.4 Å². The highest BCUT2D eigenvalue weighted by atomic mass is 35.5. The highest BCUT2D eigenvalue weighted by Crippen LogP contribution is 2.14. The van der Waals surface area contributed by atoms with E-state index in [1.54, 1.807) is 41.2 Å². The lowest BCUT2D eigenvalue weighted by molar-refractivity contribution is -0.116. The number of aryl methyl sites for hydroxylation is 1. The Morgan fingerprint density at radius 2 is 2.35 bits per heavy atom. The number of aromatic nitrogens is 2. The Balaban J connectivity index is 2.01. The van der Waals surface area contributed by atoms with Gasteiger partial charge < -0.3 is 9.88 Å². The maximum atomic E-state index is 11.7. The number of hydrogen-bond donors (Lipinski definition) is 1. The van der Waals surface area contributed by atoms with Crippen molar-refractivity contribution in [2.24, 2.45) is 0 Å². The van der Waals surface area contributed by atoms with Crippen LogP contribution in [0.3, 0.4) is 0 Å². The minimum Gasteiger partial charge on any atom is -0.326 e. The van der Waals surface area contributed by atoms with Gasteiger partial charge in [-0.2, -0.15) is 0 Å². The summed E-state index contributed by atoms with van der Waals surface area (Å²) in [6.07, 6.45) is 3.44. The molecule has 17 heavy (non-hydrogen) atoms. The van der Waals surface area contributed by atoms with Crippen LogP contribution in [0.15, 0.2) is 36.7 Å². The van der Waals surface area contributed by atoms with Gasteiger partial charge in [-0.15, -0.1) is 0 Å². The number of carbonyl (C=O) groups is 1. The van der Waals surface area contributed by atoms with Crippen LogP contribution in [0.1, 0.15) is 5.82 Å². The summed E-state index contributed by atoms with van der Waals surface area (Å²) in [4.78, 5) is 15.8. The normalized spacial score (nSPS) is 10.2. The highest BCUT2D eigenvalue weighted by Gasteiger charge is 2.05. The third-order valence-electron chi connectivity index (χ3n) is 2.35. The quantitative estimate of drug-likeness (QED) is 0.909. The van der Waals surface area contributed by atoms with Crippen LogP contribution in [-0.2, 0) is 11.3 Å². The van der Waals surface area contributed by atoms with Gasteiger partial charge in [-0.3, -0.25) is 4.79 Å². The molecule has 0 aliphatic heterocycles. The molecule has 1 aromatic heterocycles. The van der Waals surface area contributed by atoms with Gasteiger partial charge in [-0.1, -0.05) is 17.7 Å². The molecular weight excluding hydrogens is 238 g/mol. The first-order chi connectivity index (χ1) is 8.15. The SMILES string of the molecule is Cc1nccn1CC(=O)Nc1cccc(Cl)c1. The van der Waals surface area contributed by atoms with E-state index in [-0.39, 0.29) is 12.5 Å². The Labute approximate surface area is 104 Å². The summed E-state index contributed by atoms with van der Waals surface area (Å²) in [5, 5.41) is 3.37. The molecule has 1 heterocycles. The fourth-order valence-corrected chi connectivity index (χ4v) is 1.68. The monoisotopic (exact) mass is 249 g/mol. The molecule has 2 aromatic rings. The Morgan fingerprint density at radius 1 is 1.53 bits per heavy atom. The lowest BCUT2D eigenvalue weighted by atomic mass is 10.3. The summed E-state index contributed by atoms with van der Waals surface area (Å²) in [7, 11) is 0. The van der Waals surface area contributed by atoms with Gasteiger partial charge in [0.15, 0.2) is 0 Å². The summed E-state index contributed by atoms with van der Waals surface area (Å²) >= 11 is 5.83. The van der Waals surface area contributed by atoms with Crippen LogP contribution in [-0.4, -0.2) is 15.5 Å². The Kier molecular flexibility index (Phi) is 3.44. The van der Waals surface area contributed by atoms with E-state index in [9.17, 15) is 4.79 Å². The van der Waals surface area contributed by atoms with Gasteiger partial charge in [0.25, 0.3) is 0 Å². The van der Waals surface area contributed by atoms with E-state index in [1.807, 2.05) is 6.92 Å². The molecule has 5 heteroatoms. The van der Waals surface area contributed by atoms with Gasteiger partial charge in [0, 0.05) is 23.1 Å². The van der Waals surface area contributed by atoms with Crippen LogP contribution < -0.4 is 5.32 Å². The zero-order chi connectivity index (χ0) is 12.3. The first-order valence-corrected chi connectivity index (χ1v) is 5.56. The fourth-order valence-electron chi connectivity index (χ4n) is 1.49. The Morgan fingerprint density at radius 3 is 3.00 bits per heavy atom. The number of imidazole rings is 1. The molecule has 0 aliphatic carbocycles. The number of anilines is 1. The number of hydrogen-bond acceptors (Lipinski definition) is 2.